The normalized spacial score (nSPS) is 15.9. The standard InChI is InChI=1S/C30H29F2N5O2/c1-18-3-6-33-26(13-18)29-19(2)30(28-23(32)14-21(31)15-25(28)36-29)35-24-16-27(37-7-11-39-12-8-37)34-17-22(24)20-4-9-38-10-5-20/h3-4,6,13-17H,5,7-12H2,1-2H3,(H,34,35,36). The molecule has 39 heavy (non-hydrogen) atoms. The number of anilines is 3. The largest absolute Gasteiger partial charge is 0.378 e. The van der Waals surface area contributed by atoms with Crippen molar-refractivity contribution in [2.24, 2.45) is 0 Å². The second-order valence-corrected chi connectivity index (χ2v) is 9.83. The number of hydrogen-bond acceptors (Lipinski definition) is 7. The topological polar surface area (TPSA) is 72.4 Å². The third-order valence-corrected chi connectivity index (χ3v) is 7.20. The van der Waals surface area contributed by atoms with Crippen LogP contribution in [-0.4, -0.2) is 54.5 Å². The summed E-state index contributed by atoms with van der Waals surface area (Å²) in [5.74, 6) is -0.557. The first kappa shape index (κ1) is 25.3. The summed E-state index contributed by atoms with van der Waals surface area (Å²) in [5, 5.41) is 3.76. The highest BCUT2D eigenvalue weighted by Crippen LogP contribution is 2.39. The summed E-state index contributed by atoms with van der Waals surface area (Å²) in [4.78, 5) is 16.1. The van der Waals surface area contributed by atoms with Crippen molar-refractivity contribution in [2.75, 3.05) is 49.7 Å². The van der Waals surface area contributed by atoms with Crippen LogP contribution < -0.4 is 10.2 Å². The molecule has 4 aromatic rings. The summed E-state index contributed by atoms with van der Waals surface area (Å²) in [6, 6.07) is 7.97. The molecule has 0 spiro atoms. The molecule has 0 aliphatic carbocycles. The van der Waals surface area contributed by atoms with E-state index in [-0.39, 0.29) is 10.9 Å². The summed E-state index contributed by atoms with van der Waals surface area (Å²) < 4.78 is 40.8. The molecule has 7 nitrogen and oxygen atoms in total. The molecule has 2 aliphatic heterocycles. The van der Waals surface area contributed by atoms with Gasteiger partial charge in [0.15, 0.2) is 0 Å². The Hall–Kier alpha value is -3.95. The lowest BCUT2D eigenvalue weighted by atomic mass is 9.99. The van der Waals surface area contributed by atoms with Gasteiger partial charge in [-0.2, -0.15) is 0 Å². The first-order valence-corrected chi connectivity index (χ1v) is 13.1. The number of rotatable bonds is 5. The van der Waals surface area contributed by atoms with Crippen LogP contribution in [0.4, 0.5) is 26.0 Å². The molecule has 3 aromatic heterocycles. The molecule has 0 atom stereocenters. The lowest BCUT2D eigenvalue weighted by Gasteiger charge is -2.29. The highest BCUT2D eigenvalue weighted by molar-refractivity contribution is 5.99. The van der Waals surface area contributed by atoms with Crippen molar-refractivity contribution >= 4 is 33.7 Å². The van der Waals surface area contributed by atoms with E-state index in [0.717, 1.165) is 53.8 Å². The Balaban J connectivity index is 1.55. The molecule has 0 bridgehead atoms. The van der Waals surface area contributed by atoms with Gasteiger partial charge in [0.2, 0.25) is 0 Å². The van der Waals surface area contributed by atoms with E-state index in [9.17, 15) is 4.39 Å². The molecule has 200 valence electrons. The van der Waals surface area contributed by atoms with Crippen LogP contribution in [0.1, 0.15) is 23.1 Å². The van der Waals surface area contributed by atoms with Crippen LogP contribution in [0.15, 0.2) is 48.8 Å². The molecule has 9 heteroatoms. The highest BCUT2D eigenvalue weighted by Gasteiger charge is 2.22. The van der Waals surface area contributed by atoms with Crippen molar-refractivity contribution in [3.63, 3.8) is 0 Å². The smallest absolute Gasteiger partial charge is 0.137 e. The number of aryl methyl sites for hydroxylation is 1. The Bertz CT molecular complexity index is 1580. The van der Waals surface area contributed by atoms with Crippen LogP contribution in [0.5, 0.6) is 0 Å². The number of halogens is 2. The molecule has 5 heterocycles. The average Bonchev–Trinajstić information content (AvgIpc) is 2.95. The van der Waals surface area contributed by atoms with Crippen molar-refractivity contribution in [1.82, 2.24) is 15.0 Å². The monoisotopic (exact) mass is 529 g/mol. The van der Waals surface area contributed by atoms with Crippen molar-refractivity contribution < 1.29 is 18.3 Å². The summed E-state index contributed by atoms with van der Waals surface area (Å²) in [5.41, 5.74) is 6.46. The number of benzene rings is 1. The molecule has 2 aliphatic rings. The Morgan fingerprint density at radius 1 is 0.974 bits per heavy atom. The van der Waals surface area contributed by atoms with Crippen LogP contribution in [-0.2, 0) is 9.47 Å². The summed E-state index contributed by atoms with van der Waals surface area (Å²) in [7, 11) is 0. The number of nitrogens with zero attached hydrogens (tertiary/aromatic N) is 4. The number of hydrogen-bond donors (Lipinski definition) is 1. The van der Waals surface area contributed by atoms with Gasteiger partial charge < -0.3 is 19.7 Å². The van der Waals surface area contributed by atoms with E-state index in [1.165, 1.54) is 6.07 Å². The quantitative estimate of drug-likeness (QED) is 0.341. The summed E-state index contributed by atoms with van der Waals surface area (Å²) in [6.07, 6.45) is 6.36. The number of fused-ring (bicyclic) bond motifs is 1. The summed E-state index contributed by atoms with van der Waals surface area (Å²) in [6.45, 7) is 7.72. The van der Waals surface area contributed by atoms with Crippen molar-refractivity contribution in [1.29, 1.82) is 0 Å². The minimum absolute atomic E-state index is 0.216. The van der Waals surface area contributed by atoms with Gasteiger partial charge in [-0.05, 0) is 43.5 Å². The maximum atomic E-state index is 15.4. The van der Waals surface area contributed by atoms with E-state index in [1.807, 2.05) is 38.2 Å². The molecule has 0 radical (unpaired) electrons. The molecule has 0 saturated carbocycles. The Kier molecular flexibility index (Phi) is 6.93. The van der Waals surface area contributed by atoms with Gasteiger partial charge in [0.25, 0.3) is 0 Å². The third-order valence-electron chi connectivity index (χ3n) is 7.20. The number of pyridine rings is 3. The zero-order chi connectivity index (χ0) is 26.9. The van der Waals surface area contributed by atoms with E-state index in [2.05, 4.69) is 26.3 Å². The van der Waals surface area contributed by atoms with Crippen molar-refractivity contribution in [2.45, 2.75) is 20.3 Å². The van der Waals surface area contributed by atoms with Crippen LogP contribution in [0.25, 0.3) is 27.9 Å². The van der Waals surface area contributed by atoms with Crippen LogP contribution in [0, 0.1) is 25.5 Å². The van der Waals surface area contributed by atoms with Crippen molar-refractivity contribution in [3.8, 4) is 11.4 Å². The van der Waals surface area contributed by atoms with E-state index >= 15 is 4.39 Å². The van der Waals surface area contributed by atoms with Gasteiger partial charge in [-0.15, -0.1) is 0 Å². The lowest BCUT2D eigenvalue weighted by molar-refractivity contribution is 0.122. The Labute approximate surface area is 225 Å². The first-order valence-electron chi connectivity index (χ1n) is 13.1. The van der Waals surface area contributed by atoms with Crippen molar-refractivity contribution in [3.05, 3.63) is 77.1 Å². The number of aromatic nitrogens is 3. The van der Waals surface area contributed by atoms with Gasteiger partial charge in [-0.3, -0.25) is 4.98 Å². The Morgan fingerprint density at radius 3 is 2.59 bits per heavy atom. The molecule has 6 rings (SSSR count). The molecule has 1 fully saturated rings. The van der Waals surface area contributed by atoms with Gasteiger partial charge >= 0.3 is 0 Å². The minimum atomic E-state index is -0.683. The first-order chi connectivity index (χ1) is 19.0. The van der Waals surface area contributed by atoms with Crippen LogP contribution in [0.3, 0.4) is 0 Å². The van der Waals surface area contributed by atoms with E-state index in [4.69, 9.17) is 14.5 Å². The summed E-state index contributed by atoms with van der Waals surface area (Å²) >= 11 is 0. The highest BCUT2D eigenvalue weighted by atomic mass is 19.1. The molecule has 0 amide bonds. The Morgan fingerprint density at radius 2 is 1.82 bits per heavy atom. The fourth-order valence-electron chi connectivity index (χ4n) is 5.15. The molecule has 0 unspecified atom stereocenters. The maximum Gasteiger partial charge on any atom is 0.137 e. The van der Waals surface area contributed by atoms with E-state index in [0.29, 0.717) is 49.1 Å². The minimum Gasteiger partial charge on any atom is -0.378 e. The van der Waals surface area contributed by atoms with Crippen LogP contribution in [0.2, 0.25) is 0 Å². The predicted molar refractivity (Wildman–Crippen MR) is 148 cm³/mol. The molecule has 1 N–H and O–H groups in total. The van der Waals surface area contributed by atoms with E-state index in [1.54, 1.807) is 6.20 Å². The molecule has 1 aromatic carbocycles. The molecular formula is C30H29F2N5O2. The average molecular weight is 530 g/mol. The van der Waals surface area contributed by atoms with Crippen LogP contribution >= 0.6 is 0 Å². The molecular weight excluding hydrogens is 500 g/mol. The second kappa shape index (κ2) is 10.7. The molecule has 1 saturated heterocycles. The van der Waals surface area contributed by atoms with Gasteiger partial charge in [-0.1, -0.05) is 6.08 Å². The zero-order valence-electron chi connectivity index (χ0n) is 21.9. The van der Waals surface area contributed by atoms with Gasteiger partial charge in [0.1, 0.15) is 17.5 Å². The fraction of sp³-hybridized carbons (Fsp3) is 0.300. The fourth-order valence-corrected chi connectivity index (χ4v) is 5.15. The van der Waals surface area contributed by atoms with Gasteiger partial charge in [-0.25, -0.2) is 18.7 Å². The zero-order valence-corrected chi connectivity index (χ0v) is 21.9. The lowest BCUT2D eigenvalue weighted by Crippen LogP contribution is -2.36. The maximum absolute atomic E-state index is 15.4. The van der Waals surface area contributed by atoms with E-state index < -0.39 is 11.6 Å². The van der Waals surface area contributed by atoms with Gasteiger partial charge in [0, 0.05) is 54.8 Å². The number of morpholine rings is 1. The van der Waals surface area contributed by atoms with Gasteiger partial charge in [0.05, 0.1) is 60.1 Å². The number of nitrogens with one attached hydrogen (secondary N) is 1. The SMILES string of the molecule is Cc1ccnc(-c2nc3cc(F)cc(F)c3c(Nc3cc(N4CCOCC4)ncc3C3=CCOCC3)c2C)c1. The third kappa shape index (κ3) is 5.07. The second-order valence-electron chi connectivity index (χ2n) is 9.83. The number of ether oxygens (including phenoxy) is 2. The predicted octanol–water partition coefficient (Wildman–Crippen LogP) is 5.97.